The number of nitrogens with zero attached hydrogens (tertiary/aromatic N) is 1. The van der Waals surface area contributed by atoms with Gasteiger partial charge in [-0.2, -0.15) is 0 Å². The molecule has 0 radical (unpaired) electrons. The Balaban J connectivity index is 2.20. The lowest BCUT2D eigenvalue weighted by Crippen LogP contribution is -2.27. The van der Waals surface area contributed by atoms with E-state index >= 15 is 0 Å². The van der Waals surface area contributed by atoms with Gasteiger partial charge < -0.3 is 10.6 Å². The van der Waals surface area contributed by atoms with E-state index in [1.165, 1.54) is 16.2 Å². The van der Waals surface area contributed by atoms with Crippen LogP contribution in [0.1, 0.15) is 35.0 Å². The Kier molecular flexibility index (Phi) is 2.95. The maximum Gasteiger partial charge on any atom is 0.256 e. The highest BCUT2D eigenvalue weighted by Crippen LogP contribution is 2.27. The lowest BCUT2D eigenvalue weighted by molar-refractivity contribution is 0.0794. The number of aryl methyl sites for hydroxylation is 1. The van der Waals surface area contributed by atoms with Crippen molar-refractivity contribution in [3.05, 3.63) is 16.5 Å². The molecule has 0 unspecified atom stereocenters. The average Bonchev–Trinajstić information content (AvgIpc) is 2.85. The molecule has 0 saturated carbocycles. The number of carbonyl (C=O) groups excluding carboxylic acids is 1. The van der Waals surface area contributed by atoms with E-state index in [9.17, 15) is 4.79 Å². The number of amides is 1. The molecule has 1 aromatic rings. The van der Waals surface area contributed by atoms with Gasteiger partial charge in [-0.15, -0.1) is 11.3 Å². The van der Waals surface area contributed by atoms with E-state index in [1.807, 2.05) is 11.0 Å². The van der Waals surface area contributed by atoms with Crippen molar-refractivity contribution in [2.75, 3.05) is 18.8 Å². The average molecular weight is 224 g/mol. The smallest absolute Gasteiger partial charge is 0.256 e. The Morgan fingerprint density at radius 2 is 2.20 bits per heavy atom. The summed E-state index contributed by atoms with van der Waals surface area (Å²) < 4.78 is 0. The fourth-order valence-corrected chi connectivity index (χ4v) is 2.75. The molecule has 1 aliphatic heterocycles. The molecule has 1 aromatic heterocycles. The van der Waals surface area contributed by atoms with Crippen LogP contribution in [-0.2, 0) is 6.42 Å². The molecule has 0 spiro atoms. The first kappa shape index (κ1) is 10.5. The van der Waals surface area contributed by atoms with Crippen LogP contribution in [0.15, 0.2) is 6.07 Å². The predicted molar refractivity (Wildman–Crippen MR) is 63.2 cm³/mol. The molecule has 2 N–H and O–H groups in total. The van der Waals surface area contributed by atoms with Crippen LogP contribution in [0.5, 0.6) is 0 Å². The van der Waals surface area contributed by atoms with Crippen LogP contribution in [0.4, 0.5) is 5.00 Å². The topological polar surface area (TPSA) is 46.3 Å². The highest BCUT2D eigenvalue weighted by atomic mass is 32.1. The molecule has 2 heterocycles. The zero-order valence-electron chi connectivity index (χ0n) is 8.95. The molecule has 2 rings (SSSR count). The van der Waals surface area contributed by atoms with E-state index in [4.69, 9.17) is 5.73 Å². The van der Waals surface area contributed by atoms with E-state index in [2.05, 4.69) is 6.92 Å². The molecule has 0 aliphatic carbocycles. The minimum Gasteiger partial charge on any atom is -0.390 e. The van der Waals surface area contributed by atoms with E-state index < -0.39 is 0 Å². The maximum atomic E-state index is 12.0. The lowest BCUT2D eigenvalue weighted by Gasteiger charge is -2.14. The summed E-state index contributed by atoms with van der Waals surface area (Å²) in [6, 6.07) is 1.95. The van der Waals surface area contributed by atoms with Crippen molar-refractivity contribution < 1.29 is 4.79 Å². The van der Waals surface area contributed by atoms with Gasteiger partial charge in [-0.05, 0) is 25.3 Å². The summed E-state index contributed by atoms with van der Waals surface area (Å²) in [5.74, 6) is 0.112. The molecule has 1 aliphatic rings. The van der Waals surface area contributed by atoms with Crippen molar-refractivity contribution in [1.82, 2.24) is 4.90 Å². The minimum atomic E-state index is 0.112. The Hall–Kier alpha value is -1.03. The normalized spacial score (nSPS) is 15.9. The van der Waals surface area contributed by atoms with Crippen LogP contribution in [-0.4, -0.2) is 23.9 Å². The van der Waals surface area contributed by atoms with Gasteiger partial charge in [0.25, 0.3) is 5.91 Å². The Labute approximate surface area is 93.9 Å². The Bertz CT molecular complexity index is 367. The first-order chi connectivity index (χ1) is 7.22. The van der Waals surface area contributed by atoms with E-state index in [0.717, 1.165) is 32.4 Å². The second-order valence-electron chi connectivity index (χ2n) is 3.84. The van der Waals surface area contributed by atoms with Crippen molar-refractivity contribution >= 4 is 22.2 Å². The largest absolute Gasteiger partial charge is 0.390 e. The molecular weight excluding hydrogens is 208 g/mol. The van der Waals surface area contributed by atoms with Crippen LogP contribution in [0.3, 0.4) is 0 Å². The number of nitrogen functional groups attached to an aromatic ring is 1. The third-order valence-corrected chi connectivity index (χ3v) is 3.89. The van der Waals surface area contributed by atoms with Crippen molar-refractivity contribution in [2.45, 2.75) is 26.2 Å². The van der Waals surface area contributed by atoms with Crippen LogP contribution in [0.2, 0.25) is 0 Å². The number of hydrogen-bond donors (Lipinski definition) is 1. The van der Waals surface area contributed by atoms with Gasteiger partial charge in [-0.1, -0.05) is 6.92 Å². The summed E-state index contributed by atoms with van der Waals surface area (Å²) in [7, 11) is 0. The summed E-state index contributed by atoms with van der Waals surface area (Å²) in [4.78, 5) is 15.1. The maximum absolute atomic E-state index is 12.0. The summed E-state index contributed by atoms with van der Waals surface area (Å²) in [6.45, 7) is 3.85. The van der Waals surface area contributed by atoms with E-state index in [0.29, 0.717) is 10.6 Å². The molecule has 0 atom stereocenters. The van der Waals surface area contributed by atoms with Crippen molar-refractivity contribution in [3.63, 3.8) is 0 Å². The van der Waals surface area contributed by atoms with Gasteiger partial charge in [0.2, 0.25) is 0 Å². The summed E-state index contributed by atoms with van der Waals surface area (Å²) >= 11 is 1.53. The minimum absolute atomic E-state index is 0.112. The highest BCUT2D eigenvalue weighted by Gasteiger charge is 2.22. The second-order valence-corrected chi connectivity index (χ2v) is 5.01. The first-order valence-corrected chi connectivity index (χ1v) is 6.21. The lowest BCUT2D eigenvalue weighted by atomic mass is 10.2. The van der Waals surface area contributed by atoms with Gasteiger partial charge in [0.1, 0.15) is 0 Å². The Morgan fingerprint density at radius 1 is 1.53 bits per heavy atom. The number of likely N-dealkylation sites (tertiary alicyclic amines) is 1. The number of thiophene rings is 1. The second kappa shape index (κ2) is 4.23. The third kappa shape index (κ3) is 2.00. The molecule has 0 bridgehead atoms. The number of carbonyl (C=O) groups is 1. The zero-order chi connectivity index (χ0) is 10.8. The summed E-state index contributed by atoms with van der Waals surface area (Å²) in [5, 5.41) is 0.670. The molecule has 82 valence electrons. The van der Waals surface area contributed by atoms with E-state index in [1.54, 1.807) is 0 Å². The van der Waals surface area contributed by atoms with Crippen LogP contribution < -0.4 is 5.73 Å². The first-order valence-electron chi connectivity index (χ1n) is 5.40. The van der Waals surface area contributed by atoms with Gasteiger partial charge in [0, 0.05) is 18.0 Å². The zero-order valence-corrected chi connectivity index (χ0v) is 9.77. The van der Waals surface area contributed by atoms with E-state index in [-0.39, 0.29) is 5.91 Å². The van der Waals surface area contributed by atoms with Gasteiger partial charge in [-0.25, -0.2) is 0 Å². The van der Waals surface area contributed by atoms with Gasteiger partial charge in [0.05, 0.1) is 10.6 Å². The molecule has 15 heavy (non-hydrogen) atoms. The van der Waals surface area contributed by atoms with Gasteiger partial charge in [-0.3, -0.25) is 4.79 Å². The molecule has 1 fully saturated rings. The van der Waals surface area contributed by atoms with Crippen molar-refractivity contribution in [3.8, 4) is 0 Å². The van der Waals surface area contributed by atoms with Gasteiger partial charge in [0.15, 0.2) is 0 Å². The number of anilines is 1. The fourth-order valence-electron chi connectivity index (χ4n) is 1.89. The number of rotatable bonds is 2. The molecule has 1 amide bonds. The highest BCUT2D eigenvalue weighted by molar-refractivity contribution is 7.16. The fraction of sp³-hybridized carbons (Fsp3) is 0.545. The number of nitrogens with two attached hydrogens (primary N) is 1. The predicted octanol–water partition coefficient (Wildman–Crippen LogP) is 2.13. The van der Waals surface area contributed by atoms with Crippen LogP contribution in [0.25, 0.3) is 0 Å². The Morgan fingerprint density at radius 3 is 2.73 bits per heavy atom. The third-order valence-electron chi connectivity index (χ3n) is 2.78. The van der Waals surface area contributed by atoms with Crippen LogP contribution >= 0.6 is 11.3 Å². The molecule has 3 nitrogen and oxygen atoms in total. The molecule has 4 heteroatoms. The standard InChI is InChI=1S/C11H16N2OS/c1-2-8-7-9(10(12)15-8)11(14)13-5-3-4-6-13/h7H,2-6,12H2,1H3. The molecular formula is C11H16N2OS. The van der Waals surface area contributed by atoms with Crippen molar-refractivity contribution in [1.29, 1.82) is 0 Å². The SMILES string of the molecule is CCc1cc(C(=O)N2CCCC2)c(N)s1. The molecule has 1 saturated heterocycles. The summed E-state index contributed by atoms with van der Waals surface area (Å²) in [5.41, 5.74) is 6.56. The number of hydrogen-bond acceptors (Lipinski definition) is 3. The molecule has 0 aromatic carbocycles. The van der Waals surface area contributed by atoms with Crippen molar-refractivity contribution in [2.24, 2.45) is 0 Å². The monoisotopic (exact) mass is 224 g/mol. The summed E-state index contributed by atoms with van der Waals surface area (Å²) in [6.07, 6.45) is 3.19. The quantitative estimate of drug-likeness (QED) is 0.836. The van der Waals surface area contributed by atoms with Crippen LogP contribution in [0, 0.1) is 0 Å². The van der Waals surface area contributed by atoms with Gasteiger partial charge >= 0.3 is 0 Å².